The average Bonchev–Trinajstić information content (AvgIpc) is 2.75. The third kappa shape index (κ3) is 2.24. The van der Waals surface area contributed by atoms with Gasteiger partial charge in [0.2, 0.25) is 6.79 Å². The molecule has 1 atom stereocenters. The van der Waals surface area contributed by atoms with E-state index in [4.69, 9.17) is 15.2 Å². The van der Waals surface area contributed by atoms with E-state index in [2.05, 4.69) is 0 Å². The van der Waals surface area contributed by atoms with Crippen molar-refractivity contribution in [2.75, 3.05) is 13.3 Å². The van der Waals surface area contributed by atoms with Gasteiger partial charge in [0.15, 0.2) is 17.3 Å². The number of ether oxygens (including phenoxy) is 2. The zero-order chi connectivity index (χ0) is 12.4. The summed E-state index contributed by atoms with van der Waals surface area (Å²) in [5, 5.41) is 0. The van der Waals surface area contributed by atoms with Gasteiger partial charge in [0.25, 0.3) is 0 Å². The number of Topliss-reactive ketones (excluding diaryl/α,β-unsaturated/α-hetero) is 1. The Bertz CT molecular complexity index is 446. The van der Waals surface area contributed by atoms with Gasteiger partial charge in [-0.15, -0.1) is 0 Å². The lowest BCUT2D eigenvalue weighted by Crippen LogP contribution is -2.09. The fraction of sp³-hybridized carbons (Fsp3) is 0.417. The van der Waals surface area contributed by atoms with Crippen molar-refractivity contribution in [3.8, 4) is 11.5 Å². The van der Waals surface area contributed by atoms with E-state index in [1.54, 1.807) is 6.07 Å². The molecule has 0 aromatic heterocycles. The van der Waals surface area contributed by atoms with Crippen molar-refractivity contribution in [1.29, 1.82) is 0 Å². The van der Waals surface area contributed by atoms with Crippen molar-refractivity contribution in [3.63, 3.8) is 0 Å². The van der Waals surface area contributed by atoms with Gasteiger partial charge in [-0.25, -0.2) is 4.39 Å². The lowest BCUT2D eigenvalue weighted by molar-refractivity contribution is 0.0980. The molecule has 1 aromatic carbocycles. The molecule has 2 N–H and O–H groups in total. The molecule has 0 saturated carbocycles. The van der Waals surface area contributed by atoms with Crippen LogP contribution in [0.1, 0.15) is 35.4 Å². The zero-order valence-corrected chi connectivity index (χ0v) is 9.53. The molecular weight excluding hydrogens is 225 g/mol. The van der Waals surface area contributed by atoms with E-state index in [1.165, 1.54) is 13.0 Å². The summed E-state index contributed by atoms with van der Waals surface area (Å²) in [7, 11) is 0. The molecule has 1 aromatic rings. The van der Waals surface area contributed by atoms with Gasteiger partial charge >= 0.3 is 0 Å². The fourth-order valence-electron chi connectivity index (χ4n) is 1.73. The number of fused-ring (bicyclic) bond motifs is 1. The van der Waals surface area contributed by atoms with Crippen LogP contribution >= 0.6 is 0 Å². The van der Waals surface area contributed by atoms with E-state index in [1.807, 2.05) is 0 Å². The molecule has 0 spiro atoms. The molecular formula is C12H14FNO3. The predicted molar refractivity (Wildman–Crippen MR) is 60.1 cm³/mol. The van der Waals surface area contributed by atoms with E-state index >= 15 is 0 Å². The van der Waals surface area contributed by atoms with E-state index < -0.39 is 6.17 Å². The van der Waals surface area contributed by atoms with Gasteiger partial charge in [0.1, 0.15) is 6.17 Å². The Labute approximate surface area is 98.5 Å². The summed E-state index contributed by atoms with van der Waals surface area (Å²) in [6, 6.07) is 3.07. The molecule has 1 aliphatic heterocycles. The molecule has 1 heterocycles. The maximum atomic E-state index is 13.3. The van der Waals surface area contributed by atoms with Crippen molar-refractivity contribution in [1.82, 2.24) is 0 Å². The Kier molecular flexibility index (Phi) is 3.28. The molecule has 92 valence electrons. The maximum Gasteiger partial charge on any atom is 0.231 e. The topological polar surface area (TPSA) is 61.6 Å². The van der Waals surface area contributed by atoms with Crippen molar-refractivity contribution in [3.05, 3.63) is 23.3 Å². The Morgan fingerprint density at radius 2 is 2.29 bits per heavy atom. The summed E-state index contributed by atoms with van der Waals surface area (Å²) >= 11 is 0. The average molecular weight is 239 g/mol. The van der Waals surface area contributed by atoms with Gasteiger partial charge in [0.05, 0.1) is 5.56 Å². The number of carbonyl (C=O) groups excluding carboxylic acids is 1. The van der Waals surface area contributed by atoms with Crippen LogP contribution in [0.3, 0.4) is 0 Å². The summed E-state index contributed by atoms with van der Waals surface area (Å²) in [6.07, 6.45) is -0.950. The van der Waals surface area contributed by atoms with Gasteiger partial charge in [-0.1, -0.05) is 0 Å². The summed E-state index contributed by atoms with van der Waals surface area (Å²) in [5.41, 5.74) is 6.11. The predicted octanol–water partition coefficient (Wildman–Crippen LogP) is 1.98. The molecule has 0 fully saturated rings. The molecule has 17 heavy (non-hydrogen) atoms. The lowest BCUT2D eigenvalue weighted by atomic mass is 10.0. The van der Waals surface area contributed by atoms with Crippen molar-refractivity contribution < 1.29 is 18.7 Å². The van der Waals surface area contributed by atoms with E-state index in [-0.39, 0.29) is 25.5 Å². The minimum absolute atomic E-state index is 0.0579. The Balaban J connectivity index is 2.45. The van der Waals surface area contributed by atoms with Crippen LogP contribution in [0.15, 0.2) is 12.1 Å². The third-order valence-electron chi connectivity index (χ3n) is 2.63. The monoisotopic (exact) mass is 239 g/mol. The summed E-state index contributed by atoms with van der Waals surface area (Å²) in [6.45, 7) is 1.72. The SMILES string of the molecule is CC(F)c1cc2c(c(C(=O)CCN)c1)OCO2. The highest BCUT2D eigenvalue weighted by molar-refractivity contribution is 6.00. The number of ketones is 1. The summed E-state index contributed by atoms with van der Waals surface area (Å²) in [5.74, 6) is 0.664. The van der Waals surface area contributed by atoms with E-state index in [9.17, 15) is 9.18 Å². The first-order valence-electron chi connectivity index (χ1n) is 5.44. The minimum atomic E-state index is -1.16. The quantitative estimate of drug-likeness (QED) is 0.816. The van der Waals surface area contributed by atoms with Crippen LogP contribution in [0.2, 0.25) is 0 Å². The van der Waals surface area contributed by atoms with Gasteiger partial charge < -0.3 is 15.2 Å². The molecule has 0 bridgehead atoms. The van der Waals surface area contributed by atoms with Crippen LogP contribution in [0.4, 0.5) is 4.39 Å². The molecule has 4 nitrogen and oxygen atoms in total. The van der Waals surface area contributed by atoms with Crippen LogP contribution in [0.25, 0.3) is 0 Å². The molecule has 0 amide bonds. The van der Waals surface area contributed by atoms with E-state index in [0.717, 1.165) is 0 Å². The van der Waals surface area contributed by atoms with Crippen LogP contribution in [0, 0.1) is 0 Å². The number of carbonyl (C=O) groups is 1. The Morgan fingerprint density at radius 1 is 1.53 bits per heavy atom. The largest absolute Gasteiger partial charge is 0.454 e. The van der Waals surface area contributed by atoms with Crippen molar-refractivity contribution in [2.45, 2.75) is 19.5 Å². The van der Waals surface area contributed by atoms with Gasteiger partial charge in [-0.3, -0.25) is 4.79 Å². The van der Waals surface area contributed by atoms with Crippen molar-refractivity contribution >= 4 is 5.78 Å². The second-order valence-corrected chi connectivity index (χ2v) is 3.88. The number of halogens is 1. The maximum absolute atomic E-state index is 13.3. The number of rotatable bonds is 4. The first-order valence-corrected chi connectivity index (χ1v) is 5.44. The van der Waals surface area contributed by atoms with Gasteiger partial charge in [-0.2, -0.15) is 0 Å². The van der Waals surface area contributed by atoms with Crippen LogP contribution in [0.5, 0.6) is 11.5 Å². The third-order valence-corrected chi connectivity index (χ3v) is 2.63. The summed E-state index contributed by atoms with van der Waals surface area (Å²) < 4.78 is 23.7. The highest BCUT2D eigenvalue weighted by atomic mass is 19.1. The van der Waals surface area contributed by atoms with E-state index in [0.29, 0.717) is 22.6 Å². The van der Waals surface area contributed by atoms with Gasteiger partial charge in [-0.05, 0) is 31.2 Å². The first-order chi connectivity index (χ1) is 8.13. The van der Waals surface area contributed by atoms with Crippen LogP contribution in [-0.4, -0.2) is 19.1 Å². The Morgan fingerprint density at radius 3 is 2.94 bits per heavy atom. The second-order valence-electron chi connectivity index (χ2n) is 3.88. The van der Waals surface area contributed by atoms with Gasteiger partial charge in [0, 0.05) is 6.42 Å². The number of benzene rings is 1. The lowest BCUT2D eigenvalue weighted by Gasteiger charge is -2.09. The van der Waals surface area contributed by atoms with Crippen LogP contribution in [-0.2, 0) is 0 Å². The van der Waals surface area contributed by atoms with Crippen LogP contribution < -0.4 is 15.2 Å². The van der Waals surface area contributed by atoms with Crippen molar-refractivity contribution in [2.24, 2.45) is 5.73 Å². The fourth-order valence-corrected chi connectivity index (χ4v) is 1.73. The highest BCUT2D eigenvalue weighted by Crippen LogP contribution is 2.39. The smallest absolute Gasteiger partial charge is 0.231 e. The molecule has 0 radical (unpaired) electrons. The molecule has 0 saturated heterocycles. The highest BCUT2D eigenvalue weighted by Gasteiger charge is 2.24. The molecule has 0 aliphatic carbocycles. The minimum Gasteiger partial charge on any atom is -0.454 e. The Hall–Kier alpha value is -1.62. The number of hydrogen-bond acceptors (Lipinski definition) is 4. The zero-order valence-electron chi connectivity index (χ0n) is 9.53. The first kappa shape index (κ1) is 11.9. The normalized spacial score (nSPS) is 14.8. The standard InChI is InChI=1S/C12H14FNO3/c1-7(13)8-4-9(10(15)2-3-14)12-11(5-8)16-6-17-12/h4-5,7H,2-3,6,14H2,1H3. The number of nitrogens with two attached hydrogens (primary N) is 1. The second kappa shape index (κ2) is 4.71. The number of hydrogen-bond donors (Lipinski definition) is 1. The number of alkyl halides is 1. The molecule has 2 rings (SSSR count). The summed E-state index contributed by atoms with van der Waals surface area (Å²) in [4.78, 5) is 11.8. The molecule has 1 unspecified atom stereocenters. The molecule has 1 aliphatic rings. The molecule has 5 heteroatoms.